The third-order valence-electron chi connectivity index (χ3n) is 10.2. The Balaban J connectivity index is 1.34. The van der Waals surface area contributed by atoms with Crippen LogP contribution in [0.5, 0.6) is 5.75 Å². The minimum Gasteiger partial charge on any atom is -0.491 e. The summed E-state index contributed by atoms with van der Waals surface area (Å²) in [6.07, 6.45) is -0.276. The molecule has 4 aromatic carbocycles. The normalized spacial score (nSPS) is 19.0. The van der Waals surface area contributed by atoms with E-state index in [0.29, 0.717) is 33.5 Å². The molecular formula is C41H41ClN6O10. The van der Waals surface area contributed by atoms with E-state index in [1.165, 1.54) is 54.3 Å². The fourth-order valence-corrected chi connectivity index (χ4v) is 7.34. The van der Waals surface area contributed by atoms with Crippen LogP contribution in [0.4, 0.5) is 11.4 Å². The Hall–Kier alpha value is -6.55. The second-order valence-electron chi connectivity index (χ2n) is 14.0. The zero-order valence-corrected chi connectivity index (χ0v) is 32.5. The van der Waals surface area contributed by atoms with Crippen LogP contribution in [-0.4, -0.2) is 109 Å². The van der Waals surface area contributed by atoms with Crippen LogP contribution < -0.4 is 20.3 Å². The van der Waals surface area contributed by atoms with Gasteiger partial charge in [0.2, 0.25) is 17.7 Å². The fraction of sp³-hybridized carbons (Fsp3) is 0.317. The number of methoxy groups -OCH3 is 1. The number of amides is 5. The van der Waals surface area contributed by atoms with Crippen LogP contribution in [0.15, 0.2) is 84.9 Å². The monoisotopic (exact) mass is 812 g/mol. The Labute approximate surface area is 338 Å². The number of carbonyl (C=O) groups is 6. The third-order valence-corrected chi connectivity index (χ3v) is 10.5. The van der Waals surface area contributed by atoms with Gasteiger partial charge in [-0.25, -0.2) is 0 Å². The summed E-state index contributed by atoms with van der Waals surface area (Å²) in [4.78, 5) is 96.4. The smallest absolute Gasteiger partial charge is 0.307 e. The van der Waals surface area contributed by atoms with Gasteiger partial charge in [-0.15, -0.1) is 0 Å². The van der Waals surface area contributed by atoms with Crippen LogP contribution in [0.25, 0.3) is 10.8 Å². The molecule has 3 aliphatic rings. The molecule has 5 amide bonds. The molecule has 1 fully saturated rings. The van der Waals surface area contributed by atoms with E-state index in [0.717, 1.165) is 0 Å². The maximum atomic E-state index is 14.4. The lowest BCUT2D eigenvalue weighted by Crippen LogP contribution is -2.49. The number of benzene rings is 4. The molecule has 0 radical (unpaired) electrons. The molecule has 17 heteroatoms. The van der Waals surface area contributed by atoms with E-state index in [9.17, 15) is 38.9 Å². The minimum atomic E-state index is -1.18. The quantitative estimate of drug-likeness (QED) is 0.148. The highest BCUT2D eigenvalue weighted by atomic mass is 35.5. The van der Waals surface area contributed by atoms with Crippen LogP contribution in [0.3, 0.4) is 0 Å². The molecule has 0 aromatic heterocycles. The summed E-state index contributed by atoms with van der Waals surface area (Å²) in [6.45, 7) is -0.434. The number of carbonyl (C=O) groups excluding carboxylic acids is 6. The highest BCUT2D eigenvalue weighted by Gasteiger charge is 2.38. The molecule has 0 saturated carbocycles. The van der Waals surface area contributed by atoms with Gasteiger partial charge in [0, 0.05) is 60.5 Å². The number of non-ortho nitro benzene ring substituents is 1. The Morgan fingerprint density at radius 1 is 0.983 bits per heavy atom. The Bertz CT molecular complexity index is 2250. The molecule has 3 heterocycles. The number of hydrogen-bond donors (Lipinski definition) is 2. The number of rotatable bonds is 8. The van der Waals surface area contributed by atoms with Crippen molar-refractivity contribution in [3.05, 3.63) is 111 Å². The number of nitro benzene ring substituents is 1. The Morgan fingerprint density at radius 3 is 2.47 bits per heavy atom. The molecule has 7 rings (SSSR count). The topological polar surface area (TPSA) is 198 Å². The first kappa shape index (κ1) is 41.1. The summed E-state index contributed by atoms with van der Waals surface area (Å²) < 4.78 is 10.8. The van der Waals surface area contributed by atoms with E-state index in [4.69, 9.17) is 16.3 Å². The summed E-state index contributed by atoms with van der Waals surface area (Å²) in [6, 6.07) is 19.7. The summed E-state index contributed by atoms with van der Waals surface area (Å²) in [5.74, 6) is -2.69. The highest BCUT2D eigenvalue weighted by molar-refractivity contribution is 6.31. The number of fused-ring (bicyclic) bond motifs is 12. The van der Waals surface area contributed by atoms with Crippen molar-refractivity contribution in [3.63, 3.8) is 0 Å². The van der Waals surface area contributed by atoms with E-state index < -0.39 is 59.2 Å². The van der Waals surface area contributed by atoms with Crippen molar-refractivity contribution in [2.75, 3.05) is 45.3 Å². The summed E-state index contributed by atoms with van der Waals surface area (Å²) in [7, 11) is 2.65. The second-order valence-corrected chi connectivity index (χ2v) is 14.4. The molecule has 302 valence electrons. The van der Waals surface area contributed by atoms with Gasteiger partial charge in [-0.1, -0.05) is 29.8 Å². The van der Waals surface area contributed by atoms with Crippen LogP contribution >= 0.6 is 11.6 Å². The molecule has 0 unspecified atom stereocenters. The van der Waals surface area contributed by atoms with Crippen LogP contribution in [-0.2, 0) is 23.9 Å². The van der Waals surface area contributed by atoms with Gasteiger partial charge in [-0.05, 0) is 78.9 Å². The summed E-state index contributed by atoms with van der Waals surface area (Å²) in [5, 5.41) is 18.6. The lowest BCUT2D eigenvalue weighted by Gasteiger charge is -2.30. The summed E-state index contributed by atoms with van der Waals surface area (Å²) in [5.41, 5.74) is 0.716. The second kappa shape index (κ2) is 18.1. The van der Waals surface area contributed by atoms with Crippen molar-refractivity contribution < 1.29 is 43.2 Å². The predicted molar refractivity (Wildman–Crippen MR) is 212 cm³/mol. The van der Waals surface area contributed by atoms with Crippen LogP contribution in [0.2, 0.25) is 5.02 Å². The van der Waals surface area contributed by atoms with E-state index in [1.807, 2.05) is 0 Å². The largest absolute Gasteiger partial charge is 0.491 e. The molecule has 16 nitrogen and oxygen atoms in total. The Morgan fingerprint density at radius 2 is 1.74 bits per heavy atom. The molecule has 2 N–H and O–H groups in total. The maximum Gasteiger partial charge on any atom is 0.307 e. The number of nitro groups is 1. The maximum absolute atomic E-state index is 14.4. The number of halogens is 1. The van der Waals surface area contributed by atoms with Crippen molar-refractivity contribution in [1.82, 2.24) is 20.4 Å². The van der Waals surface area contributed by atoms with Crippen LogP contribution in [0.1, 0.15) is 46.4 Å². The molecule has 2 bridgehead atoms. The first-order valence-electron chi connectivity index (χ1n) is 18.5. The van der Waals surface area contributed by atoms with E-state index in [-0.39, 0.29) is 61.8 Å². The number of hydrogen-bond acceptors (Lipinski definition) is 10. The van der Waals surface area contributed by atoms with Gasteiger partial charge in [0.05, 0.1) is 29.9 Å². The lowest BCUT2D eigenvalue weighted by molar-refractivity contribution is -0.383. The van der Waals surface area contributed by atoms with Gasteiger partial charge in [0.1, 0.15) is 24.9 Å². The van der Waals surface area contributed by atoms with Gasteiger partial charge >= 0.3 is 5.97 Å². The van der Waals surface area contributed by atoms with Crippen molar-refractivity contribution in [2.24, 2.45) is 0 Å². The van der Waals surface area contributed by atoms with E-state index >= 15 is 0 Å². The van der Waals surface area contributed by atoms with E-state index in [1.54, 1.807) is 59.5 Å². The lowest BCUT2D eigenvalue weighted by atomic mass is 10.0. The van der Waals surface area contributed by atoms with Crippen molar-refractivity contribution in [1.29, 1.82) is 0 Å². The van der Waals surface area contributed by atoms with Gasteiger partial charge in [0.25, 0.3) is 17.5 Å². The van der Waals surface area contributed by atoms with Gasteiger partial charge < -0.3 is 34.8 Å². The number of likely N-dealkylation sites (N-methyl/N-ethyl adjacent to an activating group) is 1. The van der Waals surface area contributed by atoms with Gasteiger partial charge in [-0.3, -0.25) is 38.9 Å². The summed E-state index contributed by atoms with van der Waals surface area (Å²) >= 11 is 6.12. The standard InChI is InChI=1S/C41H41ClN6O10/c1-45-35(40(53)43-18-17-38(51)57-2)15-16-36(49)47(30-11-14-33-26(20-30)5-4-8-34(33)48(55)56)23-37(50)46-22-29(44-39(52)27-6-3-7-28(42)19-27)21-31(46)24-58-32-12-9-25(10-13-32)41(45)54/h3-14,19-20,29,31,35H,15-18,21-24H2,1-2H3,(H,43,53)(H,44,52)/t29-,31+,35+/m1/s1. The van der Waals surface area contributed by atoms with Gasteiger partial charge in [-0.2, -0.15) is 0 Å². The SMILES string of the molecule is COC(=O)CCNC(=O)[C@@H]1CCC(=O)N(c2ccc3c([N+](=O)[O-])cccc3c2)CC(=O)N2C[C@H](NC(=O)c3cccc(Cl)c3)C[C@H]2COc2ccc(cc2)C(=O)N1C. The zero-order chi connectivity index (χ0) is 41.5. The molecule has 58 heavy (non-hydrogen) atoms. The molecule has 0 spiro atoms. The molecule has 3 atom stereocenters. The molecule has 1 saturated heterocycles. The average Bonchev–Trinajstić information content (AvgIpc) is 3.63. The molecule has 4 aromatic rings. The third kappa shape index (κ3) is 9.52. The fourth-order valence-electron chi connectivity index (χ4n) is 7.15. The first-order valence-corrected chi connectivity index (χ1v) is 18.9. The molecular weight excluding hydrogens is 772 g/mol. The van der Waals surface area contributed by atoms with Crippen molar-refractivity contribution in [3.8, 4) is 5.75 Å². The number of nitrogens with zero attached hydrogens (tertiary/aromatic N) is 4. The number of ether oxygens (including phenoxy) is 2. The average molecular weight is 813 g/mol. The first-order chi connectivity index (χ1) is 27.8. The minimum absolute atomic E-state index is 0.0177. The molecule has 3 aliphatic heterocycles. The van der Waals surface area contributed by atoms with Crippen LogP contribution in [0, 0.1) is 10.1 Å². The highest BCUT2D eigenvalue weighted by Crippen LogP contribution is 2.31. The van der Waals surface area contributed by atoms with E-state index in [2.05, 4.69) is 15.4 Å². The van der Waals surface area contributed by atoms with Crippen molar-refractivity contribution >= 4 is 69.3 Å². The number of esters is 1. The number of anilines is 1. The number of nitrogens with one attached hydrogen (secondary N) is 2. The predicted octanol–water partition coefficient (Wildman–Crippen LogP) is 4.13. The van der Waals surface area contributed by atoms with Crippen molar-refractivity contribution in [2.45, 2.75) is 43.8 Å². The molecule has 0 aliphatic carbocycles. The van der Waals surface area contributed by atoms with Gasteiger partial charge in [0.15, 0.2) is 0 Å². The Kier molecular flexibility index (Phi) is 12.9. The zero-order valence-electron chi connectivity index (χ0n) is 31.7.